The zero-order valence-corrected chi connectivity index (χ0v) is 18.5. The van der Waals surface area contributed by atoms with E-state index in [1.165, 1.54) is 23.8 Å². The van der Waals surface area contributed by atoms with E-state index in [1.54, 1.807) is 4.90 Å². The fourth-order valence-electron chi connectivity index (χ4n) is 3.07. The third-order valence-electron chi connectivity index (χ3n) is 5.01. The maximum Gasteiger partial charge on any atom is 0.316 e. The number of carbonyl (C=O) groups is 2. The van der Waals surface area contributed by atoms with Gasteiger partial charge in [-0.25, -0.2) is 4.98 Å². The van der Waals surface area contributed by atoms with E-state index in [9.17, 15) is 9.59 Å². The molecule has 1 heterocycles. The van der Waals surface area contributed by atoms with Crippen molar-refractivity contribution in [1.29, 1.82) is 0 Å². The van der Waals surface area contributed by atoms with Gasteiger partial charge in [0.05, 0.1) is 16.8 Å². The van der Waals surface area contributed by atoms with Gasteiger partial charge in [0.25, 0.3) is 0 Å². The first-order valence-electron chi connectivity index (χ1n) is 9.89. The fourth-order valence-corrected chi connectivity index (χ4v) is 3.94. The quantitative estimate of drug-likeness (QED) is 0.478. The van der Waals surface area contributed by atoms with E-state index in [0.717, 1.165) is 17.7 Å². The molecule has 5 nitrogen and oxygen atoms in total. The van der Waals surface area contributed by atoms with Crippen molar-refractivity contribution in [2.45, 2.75) is 46.1 Å². The third kappa shape index (κ3) is 4.76. The minimum absolute atomic E-state index is 0.0616. The van der Waals surface area contributed by atoms with Crippen molar-refractivity contribution in [2.24, 2.45) is 0 Å². The molecule has 0 aliphatic rings. The summed E-state index contributed by atoms with van der Waals surface area (Å²) in [6, 6.07) is 17.4. The van der Waals surface area contributed by atoms with E-state index in [-0.39, 0.29) is 18.5 Å². The van der Waals surface area contributed by atoms with Crippen LogP contribution in [0.3, 0.4) is 0 Å². The summed E-state index contributed by atoms with van der Waals surface area (Å²) in [5, 5.41) is 2.37. The first-order chi connectivity index (χ1) is 14.3. The summed E-state index contributed by atoms with van der Waals surface area (Å²) in [4.78, 5) is 31.0. The molecule has 1 aromatic heterocycles. The summed E-state index contributed by atoms with van der Waals surface area (Å²) >= 11 is 1.35. The molecular formula is C24H26N2O3S. The molecule has 0 atom stereocenters. The largest absolute Gasteiger partial charge is 0.458 e. The van der Waals surface area contributed by atoms with Gasteiger partial charge in [0.1, 0.15) is 6.61 Å². The van der Waals surface area contributed by atoms with Crippen LogP contribution in [0.4, 0.5) is 10.8 Å². The number of nitrogens with zero attached hydrogens (tertiary/aromatic N) is 2. The van der Waals surface area contributed by atoms with Crippen molar-refractivity contribution in [3.63, 3.8) is 0 Å². The molecule has 0 saturated heterocycles. The number of ether oxygens (including phenoxy) is 1. The van der Waals surface area contributed by atoms with Crippen molar-refractivity contribution in [3.05, 3.63) is 76.8 Å². The molecule has 0 unspecified atom stereocenters. The van der Waals surface area contributed by atoms with Crippen molar-refractivity contribution in [3.8, 4) is 0 Å². The highest BCUT2D eigenvalue weighted by atomic mass is 32.1. The van der Waals surface area contributed by atoms with Gasteiger partial charge in [0.15, 0.2) is 5.13 Å². The maximum atomic E-state index is 12.7. The van der Waals surface area contributed by atoms with Crippen molar-refractivity contribution in [2.75, 3.05) is 4.90 Å². The molecule has 3 aromatic rings. The van der Waals surface area contributed by atoms with Crippen LogP contribution in [0.25, 0.3) is 0 Å². The minimum atomic E-state index is -0.757. The molecule has 0 saturated carbocycles. The Labute approximate surface area is 181 Å². The maximum absolute atomic E-state index is 12.7. The number of esters is 1. The molecule has 0 aliphatic carbocycles. The van der Waals surface area contributed by atoms with Gasteiger partial charge >= 0.3 is 5.97 Å². The molecule has 1 amide bonds. The van der Waals surface area contributed by atoms with Crippen LogP contribution >= 0.6 is 11.3 Å². The number of rotatable bonds is 7. The molecule has 2 aromatic carbocycles. The monoisotopic (exact) mass is 422 g/mol. The second kappa shape index (κ2) is 9.22. The van der Waals surface area contributed by atoms with Gasteiger partial charge in [-0.05, 0) is 43.5 Å². The first-order valence-corrected chi connectivity index (χ1v) is 10.8. The second-order valence-electron chi connectivity index (χ2n) is 7.56. The average Bonchev–Trinajstić information content (AvgIpc) is 3.21. The highest BCUT2D eigenvalue weighted by Gasteiger charge is 2.31. The Morgan fingerprint density at radius 1 is 1.07 bits per heavy atom. The van der Waals surface area contributed by atoms with Crippen LogP contribution in [-0.4, -0.2) is 16.9 Å². The summed E-state index contributed by atoms with van der Waals surface area (Å²) < 4.78 is 5.54. The number of anilines is 2. The lowest BCUT2D eigenvalue weighted by Crippen LogP contribution is -2.31. The normalized spacial score (nSPS) is 11.2. The van der Waals surface area contributed by atoms with Crippen LogP contribution in [0.15, 0.2) is 60.0 Å². The van der Waals surface area contributed by atoms with E-state index in [1.807, 2.05) is 73.8 Å². The van der Waals surface area contributed by atoms with Crippen LogP contribution in [0.5, 0.6) is 0 Å². The van der Waals surface area contributed by atoms with Gasteiger partial charge in [-0.1, -0.05) is 49.4 Å². The average molecular weight is 423 g/mol. The first kappa shape index (κ1) is 21.7. The molecule has 156 valence electrons. The molecular weight excluding hydrogens is 396 g/mol. The zero-order chi connectivity index (χ0) is 21.7. The molecule has 0 aliphatic heterocycles. The SMILES string of the molecule is CCc1ccc(N(C(C)=O)c2nc(COC(=O)C(C)(C)c3ccccc3)cs2)cc1. The lowest BCUT2D eigenvalue weighted by atomic mass is 9.85. The van der Waals surface area contributed by atoms with Crippen molar-refractivity contribution in [1.82, 2.24) is 4.98 Å². The van der Waals surface area contributed by atoms with E-state index >= 15 is 0 Å². The number of aromatic nitrogens is 1. The van der Waals surface area contributed by atoms with E-state index in [2.05, 4.69) is 11.9 Å². The summed E-state index contributed by atoms with van der Waals surface area (Å²) in [5.41, 5.74) is 2.72. The molecule has 6 heteroatoms. The van der Waals surface area contributed by atoms with E-state index in [0.29, 0.717) is 10.8 Å². The van der Waals surface area contributed by atoms with Crippen LogP contribution in [0, 0.1) is 0 Å². The molecule has 0 radical (unpaired) electrons. The Kier molecular flexibility index (Phi) is 6.67. The minimum Gasteiger partial charge on any atom is -0.458 e. The highest BCUT2D eigenvalue weighted by molar-refractivity contribution is 7.14. The van der Waals surface area contributed by atoms with Crippen molar-refractivity contribution < 1.29 is 14.3 Å². The van der Waals surface area contributed by atoms with Gasteiger partial charge in [-0.3, -0.25) is 14.5 Å². The summed E-state index contributed by atoms with van der Waals surface area (Å²) in [7, 11) is 0. The molecule has 3 rings (SSSR count). The number of carbonyl (C=O) groups excluding carboxylic acids is 2. The molecule has 30 heavy (non-hydrogen) atoms. The fraction of sp³-hybridized carbons (Fsp3) is 0.292. The molecule has 0 bridgehead atoms. The van der Waals surface area contributed by atoms with Crippen LogP contribution < -0.4 is 4.90 Å². The number of benzene rings is 2. The van der Waals surface area contributed by atoms with Crippen LogP contribution in [0.2, 0.25) is 0 Å². The smallest absolute Gasteiger partial charge is 0.316 e. The zero-order valence-electron chi connectivity index (χ0n) is 17.7. The van der Waals surface area contributed by atoms with Crippen LogP contribution in [0.1, 0.15) is 44.5 Å². The van der Waals surface area contributed by atoms with Crippen molar-refractivity contribution >= 4 is 34.0 Å². The van der Waals surface area contributed by atoms with Gasteiger partial charge < -0.3 is 4.74 Å². The summed E-state index contributed by atoms with van der Waals surface area (Å²) in [5.74, 6) is -0.441. The summed E-state index contributed by atoms with van der Waals surface area (Å²) in [6.07, 6.45) is 0.937. The Bertz CT molecular complexity index is 1010. The topological polar surface area (TPSA) is 59.5 Å². The predicted molar refractivity (Wildman–Crippen MR) is 120 cm³/mol. The lowest BCUT2D eigenvalue weighted by Gasteiger charge is -2.22. The number of aryl methyl sites for hydroxylation is 1. The number of hydrogen-bond donors (Lipinski definition) is 0. The second-order valence-corrected chi connectivity index (χ2v) is 8.40. The van der Waals surface area contributed by atoms with Gasteiger partial charge in [0, 0.05) is 12.3 Å². The van der Waals surface area contributed by atoms with Gasteiger partial charge in [-0.15, -0.1) is 11.3 Å². The summed E-state index contributed by atoms with van der Waals surface area (Å²) in [6.45, 7) is 7.34. The Hall–Kier alpha value is -2.99. The lowest BCUT2D eigenvalue weighted by molar-refractivity contribution is -0.150. The Morgan fingerprint density at radius 2 is 1.73 bits per heavy atom. The molecule has 0 fully saturated rings. The molecule has 0 N–H and O–H groups in total. The standard InChI is InChI=1S/C24H26N2O3S/c1-5-18-11-13-21(14-12-18)26(17(2)27)23-25-20(16-30-23)15-29-22(28)24(3,4)19-9-7-6-8-10-19/h6-14,16H,5,15H2,1-4H3. The van der Waals surface area contributed by atoms with Gasteiger partial charge in [-0.2, -0.15) is 0 Å². The number of hydrogen-bond acceptors (Lipinski definition) is 5. The Balaban J connectivity index is 1.71. The number of thiazole rings is 1. The van der Waals surface area contributed by atoms with Crippen LogP contribution in [-0.2, 0) is 32.8 Å². The number of amides is 1. The van der Waals surface area contributed by atoms with E-state index in [4.69, 9.17) is 4.74 Å². The highest BCUT2D eigenvalue weighted by Crippen LogP contribution is 2.30. The third-order valence-corrected chi connectivity index (χ3v) is 5.88. The van der Waals surface area contributed by atoms with E-state index < -0.39 is 5.41 Å². The Morgan fingerprint density at radius 3 is 2.33 bits per heavy atom. The predicted octanol–water partition coefficient (Wildman–Crippen LogP) is 5.41. The molecule has 0 spiro atoms. The van der Waals surface area contributed by atoms with Gasteiger partial charge in [0.2, 0.25) is 5.91 Å².